The minimum atomic E-state index is -1.33. The minimum absolute atomic E-state index is 0.179. The van der Waals surface area contributed by atoms with Crippen molar-refractivity contribution in [2.45, 2.75) is 32.2 Å². The fourth-order valence-electron chi connectivity index (χ4n) is 4.52. The number of ether oxygens (including phenoxy) is 3. The number of carbonyl (C=O) groups is 2. The van der Waals surface area contributed by atoms with E-state index < -0.39 is 29.6 Å². The predicted molar refractivity (Wildman–Crippen MR) is 135 cm³/mol. The third-order valence-electron chi connectivity index (χ3n) is 6.09. The van der Waals surface area contributed by atoms with Gasteiger partial charge in [0.1, 0.15) is 18.2 Å². The van der Waals surface area contributed by atoms with Gasteiger partial charge in [0.2, 0.25) is 0 Å². The third-order valence-corrected chi connectivity index (χ3v) is 6.71. The van der Waals surface area contributed by atoms with Crippen molar-refractivity contribution in [2.24, 2.45) is 5.92 Å². The fourth-order valence-corrected chi connectivity index (χ4v) is 5.03. The van der Waals surface area contributed by atoms with Crippen LogP contribution in [0.15, 0.2) is 77.4 Å². The molecule has 0 spiro atoms. The van der Waals surface area contributed by atoms with Crippen molar-refractivity contribution >= 4 is 38.8 Å². The van der Waals surface area contributed by atoms with E-state index in [9.17, 15) is 14.0 Å². The molecule has 0 bridgehead atoms. The number of hydrogen-bond acceptors (Lipinski definition) is 5. The van der Waals surface area contributed by atoms with Gasteiger partial charge in [0.25, 0.3) is 5.79 Å². The molecule has 6 nitrogen and oxygen atoms in total. The molecule has 0 amide bonds. The van der Waals surface area contributed by atoms with Crippen molar-refractivity contribution in [3.63, 3.8) is 0 Å². The summed E-state index contributed by atoms with van der Waals surface area (Å²) in [5, 5.41) is 0.885. The maximum atomic E-state index is 13.5. The van der Waals surface area contributed by atoms with Crippen LogP contribution in [0.4, 0.5) is 4.39 Å². The lowest BCUT2D eigenvalue weighted by Gasteiger charge is -2.36. The lowest BCUT2D eigenvalue weighted by atomic mass is 9.80. The second-order valence-corrected chi connectivity index (χ2v) is 9.95. The molecule has 1 aliphatic rings. The maximum absolute atomic E-state index is 13.5. The zero-order valence-electron chi connectivity index (χ0n) is 19.6. The van der Waals surface area contributed by atoms with Crippen molar-refractivity contribution in [2.75, 3.05) is 0 Å². The fraction of sp³-hybridized carbons (Fsp3) is 0.214. The molecule has 1 atom stereocenters. The van der Waals surface area contributed by atoms with Crippen LogP contribution in [0, 0.1) is 11.7 Å². The van der Waals surface area contributed by atoms with E-state index in [4.69, 9.17) is 14.2 Å². The second-order valence-electron chi connectivity index (χ2n) is 9.10. The Morgan fingerprint density at radius 3 is 2.50 bits per heavy atom. The number of rotatable bonds is 6. The number of H-pyrrole nitrogens is 1. The summed E-state index contributed by atoms with van der Waals surface area (Å²) in [6.07, 6.45) is 1.80. The first-order valence-corrected chi connectivity index (χ1v) is 12.2. The van der Waals surface area contributed by atoms with Crippen molar-refractivity contribution in [1.82, 2.24) is 4.98 Å². The topological polar surface area (TPSA) is 77.6 Å². The number of para-hydroxylation sites is 1. The first-order chi connectivity index (χ1) is 17.2. The van der Waals surface area contributed by atoms with E-state index in [1.165, 1.54) is 26.0 Å². The Labute approximate surface area is 215 Å². The van der Waals surface area contributed by atoms with Gasteiger partial charge >= 0.3 is 11.9 Å². The SMILES string of the molecule is CC1(C)OC(=O)C([C@@H](c2ccc(OCc3cccc(F)c3)c(Br)c2)c2c[nH]c3ccccc23)C(=O)O1. The molecule has 8 heteroatoms. The number of aromatic amines is 1. The summed E-state index contributed by atoms with van der Waals surface area (Å²) in [5.41, 5.74) is 3.04. The lowest BCUT2D eigenvalue weighted by molar-refractivity contribution is -0.240. The highest BCUT2D eigenvalue weighted by atomic mass is 79.9. The van der Waals surface area contributed by atoms with Gasteiger partial charge in [0, 0.05) is 36.9 Å². The number of nitrogens with one attached hydrogen (secondary N) is 1. The van der Waals surface area contributed by atoms with Gasteiger partial charge in [-0.05, 0) is 63.0 Å². The normalized spacial score (nSPS) is 16.4. The Balaban J connectivity index is 1.52. The molecule has 0 unspecified atom stereocenters. The van der Waals surface area contributed by atoms with Crippen LogP contribution in [0.2, 0.25) is 0 Å². The zero-order chi connectivity index (χ0) is 25.4. The molecule has 1 N–H and O–H groups in total. The van der Waals surface area contributed by atoms with Crippen LogP contribution in [0.25, 0.3) is 10.9 Å². The largest absolute Gasteiger partial charge is 0.488 e. The highest BCUT2D eigenvalue weighted by molar-refractivity contribution is 9.10. The van der Waals surface area contributed by atoms with Crippen molar-refractivity contribution in [3.05, 3.63) is 99.9 Å². The molecule has 2 heterocycles. The summed E-state index contributed by atoms with van der Waals surface area (Å²) in [6.45, 7) is 3.24. The Bertz CT molecular complexity index is 1440. The molecule has 1 saturated heterocycles. The summed E-state index contributed by atoms with van der Waals surface area (Å²) in [7, 11) is 0. The molecule has 1 fully saturated rings. The Hall–Kier alpha value is -3.65. The first kappa shape index (κ1) is 24.1. The molecule has 0 radical (unpaired) electrons. The number of cyclic esters (lactones) is 2. The third kappa shape index (κ3) is 4.73. The van der Waals surface area contributed by atoms with Gasteiger partial charge in [-0.25, -0.2) is 4.39 Å². The van der Waals surface area contributed by atoms with Crippen LogP contribution in [0.3, 0.4) is 0 Å². The standard InChI is InChI=1S/C28H23BrFNO5/c1-28(2)35-26(32)25(27(33)36-28)24(20-14-31-22-9-4-3-8-19(20)22)17-10-11-23(21(29)13-17)34-15-16-6-5-7-18(30)12-16/h3-14,24-25,31H,15H2,1-2H3/t24-/m0/s1. The highest BCUT2D eigenvalue weighted by Gasteiger charge is 2.48. The quantitative estimate of drug-likeness (QED) is 0.227. The van der Waals surface area contributed by atoms with E-state index in [2.05, 4.69) is 20.9 Å². The molecule has 0 aliphatic carbocycles. The second kappa shape index (κ2) is 9.43. The van der Waals surface area contributed by atoms with Crippen molar-refractivity contribution < 1.29 is 28.2 Å². The Kier molecular flexibility index (Phi) is 6.30. The summed E-state index contributed by atoms with van der Waals surface area (Å²) in [6, 6.07) is 19.2. The molecule has 36 heavy (non-hydrogen) atoms. The Morgan fingerprint density at radius 2 is 1.78 bits per heavy atom. The van der Waals surface area contributed by atoms with Gasteiger partial charge < -0.3 is 19.2 Å². The lowest BCUT2D eigenvalue weighted by Crippen LogP contribution is -2.48. The molecule has 0 saturated carbocycles. The zero-order valence-corrected chi connectivity index (χ0v) is 21.2. The molecular weight excluding hydrogens is 529 g/mol. The summed E-state index contributed by atoms with van der Waals surface area (Å²) in [5.74, 6) is -4.28. The smallest absolute Gasteiger partial charge is 0.324 e. The van der Waals surface area contributed by atoms with Gasteiger partial charge in [-0.15, -0.1) is 0 Å². The number of esters is 2. The van der Waals surface area contributed by atoms with Crippen LogP contribution in [-0.4, -0.2) is 22.7 Å². The molecule has 4 aromatic rings. The molecule has 184 valence electrons. The number of carbonyl (C=O) groups excluding carboxylic acids is 2. The molecular formula is C28H23BrFNO5. The van der Waals surface area contributed by atoms with Crippen LogP contribution in [0.1, 0.15) is 36.5 Å². The summed E-state index contributed by atoms with van der Waals surface area (Å²) in [4.78, 5) is 29.4. The van der Waals surface area contributed by atoms with Crippen molar-refractivity contribution in [3.8, 4) is 5.75 Å². The van der Waals surface area contributed by atoms with E-state index in [1.54, 1.807) is 30.5 Å². The van der Waals surface area contributed by atoms with E-state index in [0.717, 1.165) is 16.5 Å². The van der Waals surface area contributed by atoms with Gasteiger partial charge in [0.05, 0.1) is 4.47 Å². The van der Waals surface area contributed by atoms with E-state index in [1.807, 2.05) is 30.3 Å². The number of fused-ring (bicyclic) bond motifs is 1. The molecule has 3 aromatic carbocycles. The first-order valence-electron chi connectivity index (χ1n) is 11.4. The van der Waals surface area contributed by atoms with Crippen molar-refractivity contribution in [1.29, 1.82) is 0 Å². The maximum Gasteiger partial charge on any atom is 0.324 e. The molecule has 1 aromatic heterocycles. The van der Waals surface area contributed by atoms with Crippen LogP contribution in [0.5, 0.6) is 5.75 Å². The van der Waals surface area contributed by atoms with Gasteiger partial charge in [-0.1, -0.05) is 36.4 Å². The predicted octanol–water partition coefficient (Wildman–Crippen LogP) is 6.23. The minimum Gasteiger partial charge on any atom is -0.488 e. The van der Waals surface area contributed by atoms with E-state index in [-0.39, 0.29) is 12.4 Å². The average Bonchev–Trinajstić information content (AvgIpc) is 3.24. The van der Waals surface area contributed by atoms with E-state index >= 15 is 0 Å². The van der Waals surface area contributed by atoms with Gasteiger partial charge in [0.15, 0.2) is 5.92 Å². The molecule has 5 rings (SSSR count). The van der Waals surface area contributed by atoms with E-state index in [0.29, 0.717) is 21.3 Å². The Morgan fingerprint density at radius 1 is 1.03 bits per heavy atom. The average molecular weight is 552 g/mol. The number of hydrogen-bond donors (Lipinski definition) is 1. The van der Waals surface area contributed by atoms with Gasteiger partial charge in [-0.3, -0.25) is 9.59 Å². The molecule has 1 aliphatic heterocycles. The number of benzene rings is 3. The summed E-state index contributed by atoms with van der Waals surface area (Å²) < 4.78 is 30.9. The van der Waals surface area contributed by atoms with Gasteiger partial charge in [-0.2, -0.15) is 0 Å². The monoisotopic (exact) mass is 551 g/mol. The van der Waals surface area contributed by atoms with Crippen LogP contribution >= 0.6 is 15.9 Å². The summed E-state index contributed by atoms with van der Waals surface area (Å²) >= 11 is 3.55. The highest BCUT2D eigenvalue weighted by Crippen LogP contribution is 2.42. The van der Waals surface area contributed by atoms with Crippen LogP contribution in [-0.2, 0) is 25.7 Å². The van der Waals surface area contributed by atoms with Crippen LogP contribution < -0.4 is 4.74 Å². The number of halogens is 2. The number of aromatic nitrogens is 1.